The Morgan fingerprint density at radius 2 is 2.30 bits per heavy atom. The number of ether oxygens (including phenoxy) is 1. The van der Waals surface area contributed by atoms with Crippen LogP contribution in [0.5, 0.6) is 5.88 Å². The molecular weight excluding hydrogens is 284 g/mol. The standard InChI is InChI=1S/C12H11ClN4O3/c1-20-12-8(3-2-4-14-12)7-15-11-6-9(17(18)19)5-10(13)16-11/h2-6H,7H2,1H3,(H,15,16). The van der Waals surface area contributed by atoms with Gasteiger partial charge in [-0.2, -0.15) is 0 Å². The van der Waals surface area contributed by atoms with Gasteiger partial charge in [-0.05, 0) is 6.07 Å². The van der Waals surface area contributed by atoms with Gasteiger partial charge in [0.05, 0.1) is 24.2 Å². The maximum atomic E-state index is 10.7. The number of pyridine rings is 2. The summed E-state index contributed by atoms with van der Waals surface area (Å²) in [4.78, 5) is 18.2. The maximum absolute atomic E-state index is 10.7. The monoisotopic (exact) mass is 294 g/mol. The minimum atomic E-state index is -0.524. The van der Waals surface area contributed by atoms with Gasteiger partial charge in [-0.15, -0.1) is 0 Å². The van der Waals surface area contributed by atoms with Gasteiger partial charge >= 0.3 is 0 Å². The highest BCUT2D eigenvalue weighted by Gasteiger charge is 2.11. The number of anilines is 1. The SMILES string of the molecule is COc1ncccc1CNc1cc([N+](=O)[O-])cc(Cl)n1. The average Bonchev–Trinajstić information content (AvgIpc) is 2.44. The van der Waals surface area contributed by atoms with Gasteiger partial charge in [0.25, 0.3) is 5.69 Å². The molecule has 0 radical (unpaired) electrons. The van der Waals surface area contributed by atoms with Gasteiger partial charge in [-0.25, -0.2) is 9.97 Å². The van der Waals surface area contributed by atoms with E-state index >= 15 is 0 Å². The molecule has 0 aliphatic carbocycles. The molecule has 20 heavy (non-hydrogen) atoms. The zero-order valence-corrected chi connectivity index (χ0v) is 11.3. The highest BCUT2D eigenvalue weighted by Crippen LogP contribution is 2.22. The van der Waals surface area contributed by atoms with Crippen LogP contribution in [-0.2, 0) is 6.54 Å². The van der Waals surface area contributed by atoms with Crippen LogP contribution in [0.25, 0.3) is 0 Å². The van der Waals surface area contributed by atoms with Crippen LogP contribution in [0.4, 0.5) is 11.5 Å². The van der Waals surface area contributed by atoms with Crippen LogP contribution in [0.15, 0.2) is 30.5 Å². The van der Waals surface area contributed by atoms with E-state index in [0.29, 0.717) is 18.2 Å². The number of aromatic nitrogens is 2. The van der Waals surface area contributed by atoms with Gasteiger partial charge in [-0.1, -0.05) is 17.7 Å². The quantitative estimate of drug-likeness (QED) is 0.518. The van der Waals surface area contributed by atoms with E-state index in [9.17, 15) is 10.1 Å². The zero-order valence-electron chi connectivity index (χ0n) is 10.5. The molecule has 0 aliphatic rings. The fourth-order valence-corrected chi connectivity index (χ4v) is 1.81. The molecule has 104 valence electrons. The maximum Gasteiger partial charge on any atom is 0.276 e. The normalized spacial score (nSPS) is 10.1. The van der Waals surface area contributed by atoms with E-state index in [0.717, 1.165) is 5.56 Å². The Morgan fingerprint density at radius 1 is 1.50 bits per heavy atom. The summed E-state index contributed by atoms with van der Waals surface area (Å²) in [6.07, 6.45) is 1.62. The Labute approximate surface area is 119 Å². The second-order valence-corrected chi connectivity index (χ2v) is 4.20. The molecule has 0 saturated carbocycles. The second kappa shape index (κ2) is 6.16. The van der Waals surface area contributed by atoms with Gasteiger partial charge in [-0.3, -0.25) is 10.1 Å². The van der Waals surface area contributed by atoms with Gasteiger partial charge in [0.1, 0.15) is 11.0 Å². The lowest BCUT2D eigenvalue weighted by atomic mass is 10.2. The summed E-state index contributed by atoms with van der Waals surface area (Å²) >= 11 is 5.74. The fourth-order valence-electron chi connectivity index (χ4n) is 1.61. The van der Waals surface area contributed by atoms with E-state index < -0.39 is 4.92 Å². The first-order valence-corrected chi connectivity index (χ1v) is 6.01. The molecule has 0 atom stereocenters. The molecule has 0 fully saturated rings. The lowest BCUT2D eigenvalue weighted by molar-refractivity contribution is -0.384. The van der Waals surface area contributed by atoms with E-state index in [1.165, 1.54) is 19.2 Å². The molecule has 7 nitrogen and oxygen atoms in total. The summed E-state index contributed by atoms with van der Waals surface area (Å²) in [5, 5.41) is 13.7. The molecule has 0 unspecified atom stereocenters. The smallest absolute Gasteiger partial charge is 0.276 e. The molecule has 2 rings (SSSR count). The Morgan fingerprint density at radius 3 is 3.00 bits per heavy atom. The van der Waals surface area contributed by atoms with E-state index in [2.05, 4.69) is 15.3 Å². The van der Waals surface area contributed by atoms with Crippen molar-refractivity contribution in [3.8, 4) is 5.88 Å². The number of halogens is 1. The van der Waals surface area contributed by atoms with Crippen LogP contribution in [0.3, 0.4) is 0 Å². The van der Waals surface area contributed by atoms with Crippen molar-refractivity contribution >= 4 is 23.1 Å². The molecule has 0 aliphatic heterocycles. The highest BCUT2D eigenvalue weighted by molar-refractivity contribution is 6.29. The van der Waals surface area contributed by atoms with Gasteiger partial charge < -0.3 is 10.1 Å². The van der Waals surface area contributed by atoms with Crippen molar-refractivity contribution in [2.24, 2.45) is 0 Å². The molecule has 2 aromatic heterocycles. The summed E-state index contributed by atoms with van der Waals surface area (Å²) in [7, 11) is 1.52. The Hall–Kier alpha value is -2.41. The van der Waals surface area contributed by atoms with Gasteiger partial charge in [0, 0.05) is 18.3 Å². The summed E-state index contributed by atoms with van der Waals surface area (Å²) in [6.45, 7) is 0.363. The van der Waals surface area contributed by atoms with Crippen LogP contribution in [0.1, 0.15) is 5.56 Å². The Balaban J connectivity index is 2.16. The Kier molecular flexibility index (Phi) is 4.31. The van der Waals surface area contributed by atoms with Crippen molar-refractivity contribution in [1.82, 2.24) is 9.97 Å². The number of nitrogens with one attached hydrogen (secondary N) is 1. The molecule has 0 bridgehead atoms. The van der Waals surface area contributed by atoms with E-state index in [-0.39, 0.29) is 10.8 Å². The molecule has 0 aromatic carbocycles. The van der Waals surface area contributed by atoms with Crippen molar-refractivity contribution in [3.63, 3.8) is 0 Å². The van der Waals surface area contributed by atoms with Crippen molar-refractivity contribution in [3.05, 3.63) is 51.3 Å². The predicted octanol–water partition coefficient (Wildman–Crippen LogP) is 2.66. The summed E-state index contributed by atoms with van der Waals surface area (Å²) in [5.74, 6) is 0.798. The second-order valence-electron chi connectivity index (χ2n) is 3.82. The number of hydrogen-bond donors (Lipinski definition) is 1. The average molecular weight is 295 g/mol. The molecule has 0 spiro atoms. The predicted molar refractivity (Wildman–Crippen MR) is 74.0 cm³/mol. The van der Waals surface area contributed by atoms with Crippen LogP contribution >= 0.6 is 11.6 Å². The third-order valence-electron chi connectivity index (χ3n) is 2.49. The number of methoxy groups -OCH3 is 1. The topological polar surface area (TPSA) is 90.2 Å². The zero-order chi connectivity index (χ0) is 14.5. The fraction of sp³-hybridized carbons (Fsp3) is 0.167. The highest BCUT2D eigenvalue weighted by atomic mass is 35.5. The minimum Gasteiger partial charge on any atom is -0.481 e. The van der Waals surface area contributed by atoms with Crippen molar-refractivity contribution < 1.29 is 9.66 Å². The molecule has 2 heterocycles. The van der Waals surface area contributed by atoms with Crippen LogP contribution in [0.2, 0.25) is 5.15 Å². The summed E-state index contributed by atoms with van der Waals surface area (Å²) < 4.78 is 5.11. The number of nitrogens with zero attached hydrogens (tertiary/aromatic N) is 3. The van der Waals surface area contributed by atoms with Gasteiger partial charge in [0.15, 0.2) is 0 Å². The first-order valence-electron chi connectivity index (χ1n) is 5.64. The molecule has 8 heteroatoms. The van der Waals surface area contributed by atoms with Gasteiger partial charge in [0.2, 0.25) is 5.88 Å². The lowest BCUT2D eigenvalue weighted by Gasteiger charge is -2.09. The number of hydrogen-bond acceptors (Lipinski definition) is 6. The van der Waals surface area contributed by atoms with E-state index in [1.54, 1.807) is 12.3 Å². The van der Waals surface area contributed by atoms with E-state index in [1.807, 2.05) is 6.07 Å². The molecule has 0 saturated heterocycles. The van der Waals surface area contributed by atoms with Crippen LogP contribution in [0, 0.1) is 10.1 Å². The van der Waals surface area contributed by atoms with Crippen molar-refractivity contribution in [2.75, 3.05) is 12.4 Å². The third-order valence-corrected chi connectivity index (χ3v) is 2.69. The van der Waals surface area contributed by atoms with Crippen molar-refractivity contribution in [1.29, 1.82) is 0 Å². The lowest BCUT2D eigenvalue weighted by Crippen LogP contribution is -2.04. The van der Waals surface area contributed by atoms with E-state index in [4.69, 9.17) is 16.3 Å². The summed E-state index contributed by atoms with van der Waals surface area (Å²) in [5.41, 5.74) is 0.685. The first kappa shape index (κ1) is 14.0. The first-order chi connectivity index (χ1) is 9.60. The number of rotatable bonds is 5. The largest absolute Gasteiger partial charge is 0.481 e. The third kappa shape index (κ3) is 3.33. The van der Waals surface area contributed by atoms with Crippen LogP contribution < -0.4 is 10.1 Å². The van der Waals surface area contributed by atoms with Crippen molar-refractivity contribution in [2.45, 2.75) is 6.54 Å². The molecule has 2 aromatic rings. The number of nitro groups is 1. The van der Waals surface area contributed by atoms with Crippen LogP contribution in [-0.4, -0.2) is 22.0 Å². The molecule has 0 amide bonds. The Bertz CT molecular complexity index is 636. The molecular formula is C12H11ClN4O3. The molecule has 1 N–H and O–H groups in total. The minimum absolute atomic E-state index is 0.0554. The summed E-state index contributed by atoms with van der Waals surface area (Å²) in [6, 6.07) is 6.11.